The fraction of sp³-hybridized carbons (Fsp3) is 0.385. The molecule has 0 aliphatic carbocycles. The van der Waals surface area contributed by atoms with Gasteiger partial charge in [-0.05, 0) is 18.1 Å². The lowest BCUT2D eigenvalue weighted by atomic mass is 10.1. The molecule has 1 heterocycles. The number of hydrogen-bond donors (Lipinski definition) is 1. The van der Waals surface area contributed by atoms with Gasteiger partial charge in [-0.1, -0.05) is 38.1 Å². The minimum Gasteiger partial charge on any atom is -0.263 e. The average Bonchev–Trinajstić information content (AvgIpc) is 2.70. The van der Waals surface area contributed by atoms with Crippen molar-refractivity contribution in [2.75, 3.05) is 0 Å². The molecule has 2 aromatic rings. The molecule has 0 bridgehead atoms. The molecule has 3 nitrogen and oxygen atoms in total. The molecule has 0 fully saturated rings. The molecule has 0 aliphatic rings. The number of nitrogens with one attached hydrogen (secondary N) is 1. The van der Waals surface area contributed by atoms with Gasteiger partial charge in [0.2, 0.25) is 0 Å². The monoisotopic (exact) mass is 215 g/mol. The molecule has 1 N–H and O–H groups in total. The summed E-state index contributed by atoms with van der Waals surface area (Å²) in [5.74, 6) is 2.21. The molecular weight excluding hydrogens is 198 g/mol. The van der Waals surface area contributed by atoms with Crippen LogP contribution in [-0.2, 0) is 6.42 Å². The van der Waals surface area contributed by atoms with Crippen LogP contribution in [-0.4, -0.2) is 15.2 Å². The fourth-order valence-corrected chi connectivity index (χ4v) is 1.64. The molecule has 1 aromatic carbocycles. The van der Waals surface area contributed by atoms with Crippen LogP contribution in [0.2, 0.25) is 0 Å². The number of aryl methyl sites for hydroxylation is 1. The maximum absolute atomic E-state index is 4.48. The Bertz CT molecular complexity index is 472. The third-order valence-corrected chi connectivity index (χ3v) is 2.68. The van der Waals surface area contributed by atoms with E-state index in [2.05, 4.69) is 60.2 Å². The van der Waals surface area contributed by atoms with E-state index in [0.29, 0.717) is 5.92 Å². The van der Waals surface area contributed by atoms with Crippen LogP contribution >= 0.6 is 0 Å². The third kappa shape index (κ3) is 2.30. The normalized spacial score (nSPS) is 11.0. The lowest BCUT2D eigenvalue weighted by molar-refractivity contribution is 0.780. The van der Waals surface area contributed by atoms with Crippen molar-refractivity contribution in [3.05, 3.63) is 47.0 Å². The van der Waals surface area contributed by atoms with Crippen molar-refractivity contribution in [2.45, 2.75) is 33.1 Å². The summed E-state index contributed by atoms with van der Waals surface area (Å²) in [4.78, 5) is 4.48. The predicted molar refractivity (Wildman–Crippen MR) is 64.5 cm³/mol. The lowest BCUT2D eigenvalue weighted by Gasteiger charge is -2.02. The van der Waals surface area contributed by atoms with Gasteiger partial charge in [0.1, 0.15) is 5.82 Å². The molecule has 0 aliphatic heterocycles. The molecule has 0 unspecified atom stereocenters. The Kier molecular flexibility index (Phi) is 3.04. The van der Waals surface area contributed by atoms with Crippen LogP contribution in [0.25, 0.3) is 0 Å². The van der Waals surface area contributed by atoms with Gasteiger partial charge in [0.25, 0.3) is 0 Å². The number of aromatic amines is 1. The first kappa shape index (κ1) is 10.9. The summed E-state index contributed by atoms with van der Waals surface area (Å²) < 4.78 is 0. The van der Waals surface area contributed by atoms with Crippen LogP contribution in [0, 0.1) is 6.92 Å². The standard InChI is InChI=1S/C13H17N3/c1-9(2)13-14-12(15-16-13)8-11-7-5-4-6-10(11)3/h4-7,9H,8H2,1-3H3,(H,14,15,16). The van der Waals surface area contributed by atoms with Crippen molar-refractivity contribution in [1.29, 1.82) is 0 Å². The number of nitrogens with zero attached hydrogens (tertiary/aromatic N) is 2. The van der Waals surface area contributed by atoms with Gasteiger partial charge in [-0.2, -0.15) is 5.10 Å². The second-order valence-corrected chi connectivity index (χ2v) is 4.40. The molecule has 0 saturated carbocycles. The quantitative estimate of drug-likeness (QED) is 0.855. The molecule has 2 rings (SSSR count). The van der Waals surface area contributed by atoms with Crippen molar-refractivity contribution in [3.8, 4) is 0 Å². The second-order valence-electron chi connectivity index (χ2n) is 4.40. The summed E-state index contributed by atoms with van der Waals surface area (Å²) >= 11 is 0. The van der Waals surface area contributed by atoms with E-state index in [1.54, 1.807) is 0 Å². The van der Waals surface area contributed by atoms with Crippen LogP contribution < -0.4 is 0 Å². The van der Waals surface area contributed by atoms with Crippen LogP contribution in [0.5, 0.6) is 0 Å². The van der Waals surface area contributed by atoms with Crippen molar-refractivity contribution in [2.24, 2.45) is 0 Å². The molecule has 0 radical (unpaired) electrons. The summed E-state index contributed by atoms with van der Waals surface area (Å²) in [5.41, 5.74) is 2.60. The first-order valence-corrected chi connectivity index (χ1v) is 5.62. The third-order valence-electron chi connectivity index (χ3n) is 2.68. The van der Waals surface area contributed by atoms with E-state index >= 15 is 0 Å². The molecule has 84 valence electrons. The van der Waals surface area contributed by atoms with Crippen LogP contribution in [0.3, 0.4) is 0 Å². The Morgan fingerprint density at radius 2 is 2.00 bits per heavy atom. The largest absolute Gasteiger partial charge is 0.263 e. The highest BCUT2D eigenvalue weighted by Gasteiger charge is 2.08. The van der Waals surface area contributed by atoms with Gasteiger partial charge in [-0.3, -0.25) is 5.10 Å². The van der Waals surface area contributed by atoms with E-state index in [1.165, 1.54) is 11.1 Å². The summed E-state index contributed by atoms with van der Waals surface area (Å²) in [6.45, 7) is 6.32. The Balaban J connectivity index is 2.18. The molecule has 0 atom stereocenters. The van der Waals surface area contributed by atoms with E-state index in [0.717, 1.165) is 18.1 Å². The Morgan fingerprint density at radius 3 is 2.62 bits per heavy atom. The van der Waals surface area contributed by atoms with Crippen LogP contribution in [0.1, 0.15) is 42.5 Å². The summed E-state index contributed by atoms with van der Waals surface area (Å²) in [6.07, 6.45) is 0.826. The van der Waals surface area contributed by atoms with E-state index in [4.69, 9.17) is 0 Å². The highest BCUT2D eigenvalue weighted by atomic mass is 15.2. The molecule has 0 amide bonds. The van der Waals surface area contributed by atoms with Gasteiger partial charge in [0.15, 0.2) is 5.82 Å². The van der Waals surface area contributed by atoms with E-state index < -0.39 is 0 Å². The summed E-state index contributed by atoms with van der Waals surface area (Å²) in [5, 5.41) is 7.21. The van der Waals surface area contributed by atoms with Gasteiger partial charge < -0.3 is 0 Å². The van der Waals surface area contributed by atoms with Crippen molar-refractivity contribution >= 4 is 0 Å². The Hall–Kier alpha value is -1.64. The zero-order chi connectivity index (χ0) is 11.5. The van der Waals surface area contributed by atoms with Crippen LogP contribution in [0.4, 0.5) is 0 Å². The topological polar surface area (TPSA) is 41.6 Å². The molecule has 1 aromatic heterocycles. The lowest BCUT2D eigenvalue weighted by Crippen LogP contribution is -1.94. The maximum Gasteiger partial charge on any atom is 0.153 e. The molecule has 0 spiro atoms. The smallest absolute Gasteiger partial charge is 0.153 e. The maximum atomic E-state index is 4.48. The van der Waals surface area contributed by atoms with Crippen molar-refractivity contribution < 1.29 is 0 Å². The van der Waals surface area contributed by atoms with Gasteiger partial charge in [0.05, 0.1) is 0 Å². The number of rotatable bonds is 3. The van der Waals surface area contributed by atoms with E-state index in [1.807, 2.05) is 0 Å². The minimum absolute atomic E-state index is 0.377. The second kappa shape index (κ2) is 4.47. The predicted octanol–water partition coefficient (Wildman–Crippen LogP) is 2.83. The fourth-order valence-electron chi connectivity index (χ4n) is 1.64. The van der Waals surface area contributed by atoms with E-state index in [-0.39, 0.29) is 0 Å². The zero-order valence-electron chi connectivity index (χ0n) is 9.99. The first-order chi connectivity index (χ1) is 7.66. The number of H-pyrrole nitrogens is 1. The highest BCUT2D eigenvalue weighted by molar-refractivity contribution is 5.28. The van der Waals surface area contributed by atoms with Crippen LogP contribution in [0.15, 0.2) is 24.3 Å². The van der Waals surface area contributed by atoms with Gasteiger partial charge in [-0.15, -0.1) is 0 Å². The molecule has 16 heavy (non-hydrogen) atoms. The van der Waals surface area contributed by atoms with Crippen molar-refractivity contribution in [3.63, 3.8) is 0 Å². The summed E-state index contributed by atoms with van der Waals surface area (Å²) in [6, 6.07) is 8.36. The SMILES string of the molecule is Cc1ccccc1Cc1nc(C(C)C)n[nH]1. The molecule has 0 saturated heterocycles. The summed E-state index contributed by atoms with van der Waals surface area (Å²) in [7, 11) is 0. The molecular formula is C13H17N3. The Labute approximate surface area is 95.9 Å². The highest BCUT2D eigenvalue weighted by Crippen LogP contribution is 2.13. The van der Waals surface area contributed by atoms with Gasteiger partial charge >= 0.3 is 0 Å². The first-order valence-electron chi connectivity index (χ1n) is 5.62. The molecule has 3 heteroatoms. The van der Waals surface area contributed by atoms with Gasteiger partial charge in [-0.25, -0.2) is 4.98 Å². The minimum atomic E-state index is 0.377. The number of hydrogen-bond acceptors (Lipinski definition) is 2. The zero-order valence-corrected chi connectivity index (χ0v) is 9.99. The van der Waals surface area contributed by atoms with Gasteiger partial charge in [0, 0.05) is 12.3 Å². The van der Waals surface area contributed by atoms with Crippen molar-refractivity contribution in [1.82, 2.24) is 15.2 Å². The Morgan fingerprint density at radius 1 is 1.25 bits per heavy atom. The average molecular weight is 215 g/mol. The number of aromatic nitrogens is 3. The number of benzene rings is 1. The van der Waals surface area contributed by atoms with E-state index in [9.17, 15) is 0 Å².